The molecule has 2 aromatic carbocycles. The number of piperazine rings is 1. The monoisotopic (exact) mass is 421 g/mol. The van der Waals surface area contributed by atoms with E-state index in [9.17, 15) is 9.59 Å². The Morgan fingerprint density at radius 1 is 1.00 bits per heavy atom. The molecule has 0 saturated carbocycles. The molecule has 1 aliphatic rings. The second-order valence-corrected chi connectivity index (χ2v) is 7.98. The number of amides is 2. The van der Waals surface area contributed by atoms with E-state index < -0.39 is 0 Å². The van der Waals surface area contributed by atoms with Gasteiger partial charge < -0.3 is 14.4 Å². The number of rotatable bonds is 3. The van der Waals surface area contributed by atoms with Crippen LogP contribution in [0.25, 0.3) is 28.1 Å². The minimum Gasteiger partial charge on any atom is -0.351 e. The Kier molecular flexibility index (Phi) is 5.64. The van der Waals surface area contributed by atoms with Gasteiger partial charge >= 0.3 is 0 Å². The highest BCUT2D eigenvalue weighted by molar-refractivity contribution is 6.33. The maximum absolute atomic E-state index is 12.7. The summed E-state index contributed by atoms with van der Waals surface area (Å²) in [7, 11) is 2.02. The van der Waals surface area contributed by atoms with E-state index in [1.54, 1.807) is 22.8 Å². The van der Waals surface area contributed by atoms with Crippen molar-refractivity contribution in [1.82, 2.24) is 14.4 Å². The predicted octanol–water partition coefficient (Wildman–Crippen LogP) is 4.20. The van der Waals surface area contributed by atoms with Crippen LogP contribution in [0.15, 0.2) is 54.7 Å². The van der Waals surface area contributed by atoms with Crippen LogP contribution in [0.4, 0.5) is 0 Å². The largest absolute Gasteiger partial charge is 0.351 e. The topological polar surface area (TPSA) is 45.6 Å². The summed E-state index contributed by atoms with van der Waals surface area (Å²) in [6.45, 7) is 3.82. The maximum atomic E-state index is 12.7. The van der Waals surface area contributed by atoms with E-state index in [0.717, 1.165) is 27.6 Å². The van der Waals surface area contributed by atoms with Crippen molar-refractivity contribution in [3.8, 4) is 11.1 Å². The average molecular weight is 422 g/mol. The van der Waals surface area contributed by atoms with Gasteiger partial charge in [-0.05, 0) is 41.5 Å². The molecular formula is C24H24ClN3O2. The molecule has 2 amide bonds. The summed E-state index contributed by atoms with van der Waals surface area (Å²) >= 11 is 6.56. The quantitative estimate of drug-likeness (QED) is 0.595. The molecule has 0 bridgehead atoms. The molecule has 5 nitrogen and oxygen atoms in total. The van der Waals surface area contributed by atoms with Crippen molar-refractivity contribution in [1.29, 1.82) is 0 Å². The number of nitrogens with zero attached hydrogens (tertiary/aromatic N) is 3. The van der Waals surface area contributed by atoms with Gasteiger partial charge in [-0.25, -0.2) is 0 Å². The number of hydrogen-bond acceptors (Lipinski definition) is 2. The summed E-state index contributed by atoms with van der Waals surface area (Å²) in [5.41, 5.74) is 3.98. The minimum absolute atomic E-state index is 0.0524. The van der Waals surface area contributed by atoms with Crippen molar-refractivity contribution in [2.24, 2.45) is 7.05 Å². The van der Waals surface area contributed by atoms with Crippen molar-refractivity contribution in [3.05, 3.63) is 65.3 Å². The summed E-state index contributed by atoms with van der Waals surface area (Å²) in [6.07, 6.45) is 5.46. The van der Waals surface area contributed by atoms with Gasteiger partial charge in [0.1, 0.15) is 0 Å². The number of aryl methyl sites for hydroxylation is 1. The molecule has 0 unspecified atom stereocenters. The van der Waals surface area contributed by atoms with E-state index in [4.69, 9.17) is 11.6 Å². The van der Waals surface area contributed by atoms with Crippen LogP contribution in [-0.4, -0.2) is 52.4 Å². The van der Waals surface area contributed by atoms with Crippen LogP contribution in [0.1, 0.15) is 12.5 Å². The minimum atomic E-state index is -0.0531. The normalized spacial score (nSPS) is 14.6. The lowest BCUT2D eigenvalue weighted by Crippen LogP contribution is -2.49. The van der Waals surface area contributed by atoms with E-state index in [1.807, 2.05) is 37.5 Å². The molecule has 0 N–H and O–H groups in total. The number of hydrogen-bond donors (Lipinski definition) is 0. The Bertz CT molecular complexity index is 1140. The lowest BCUT2D eigenvalue weighted by molar-refractivity contribution is -0.135. The van der Waals surface area contributed by atoms with E-state index in [1.165, 1.54) is 0 Å². The summed E-state index contributed by atoms with van der Waals surface area (Å²) in [5, 5.41) is 1.79. The van der Waals surface area contributed by atoms with Gasteiger partial charge in [0.05, 0.1) is 0 Å². The molecule has 0 aliphatic carbocycles. The third kappa shape index (κ3) is 3.98. The first-order valence-corrected chi connectivity index (χ1v) is 10.4. The highest BCUT2D eigenvalue weighted by Crippen LogP contribution is 2.34. The number of benzene rings is 2. The molecule has 1 fully saturated rings. The fraction of sp³-hybridized carbons (Fsp3) is 0.250. The number of carbonyl (C=O) groups excluding carboxylic acids is 2. The van der Waals surface area contributed by atoms with Gasteiger partial charge in [0.15, 0.2) is 0 Å². The van der Waals surface area contributed by atoms with E-state index >= 15 is 0 Å². The smallest absolute Gasteiger partial charge is 0.246 e. The van der Waals surface area contributed by atoms with Crippen LogP contribution >= 0.6 is 11.6 Å². The second-order valence-electron chi connectivity index (χ2n) is 7.57. The second kappa shape index (κ2) is 8.36. The molecule has 1 saturated heterocycles. The van der Waals surface area contributed by atoms with Gasteiger partial charge in [-0.15, -0.1) is 0 Å². The Hall–Kier alpha value is -3.05. The first kappa shape index (κ1) is 20.2. The predicted molar refractivity (Wildman–Crippen MR) is 121 cm³/mol. The molecule has 154 valence electrons. The van der Waals surface area contributed by atoms with Gasteiger partial charge in [-0.1, -0.05) is 29.8 Å². The van der Waals surface area contributed by atoms with Gasteiger partial charge in [0.25, 0.3) is 0 Å². The molecule has 6 heteroatoms. The molecule has 0 spiro atoms. The lowest BCUT2D eigenvalue weighted by Gasteiger charge is -2.33. The molecular weight excluding hydrogens is 398 g/mol. The van der Waals surface area contributed by atoms with Crippen LogP contribution in [0.2, 0.25) is 5.02 Å². The first-order valence-electron chi connectivity index (χ1n) is 10.0. The van der Waals surface area contributed by atoms with Crippen molar-refractivity contribution < 1.29 is 9.59 Å². The zero-order chi connectivity index (χ0) is 21.3. The van der Waals surface area contributed by atoms with Crippen LogP contribution in [0.3, 0.4) is 0 Å². The molecule has 3 aromatic rings. The molecule has 4 rings (SSSR count). The molecule has 2 heterocycles. The lowest BCUT2D eigenvalue weighted by atomic mass is 9.98. The number of halogens is 1. The van der Waals surface area contributed by atoms with Crippen LogP contribution < -0.4 is 0 Å². The number of fused-ring (bicyclic) bond motifs is 1. The van der Waals surface area contributed by atoms with E-state index in [0.29, 0.717) is 31.2 Å². The Morgan fingerprint density at radius 2 is 1.73 bits per heavy atom. The van der Waals surface area contributed by atoms with Gasteiger partial charge in [0.2, 0.25) is 11.8 Å². The highest BCUT2D eigenvalue weighted by atomic mass is 35.5. The maximum Gasteiger partial charge on any atom is 0.246 e. The van der Waals surface area contributed by atoms with Crippen molar-refractivity contribution >= 4 is 40.4 Å². The molecule has 1 aromatic heterocycles. The summed E-state index contributed by atoms with van der Waals surface area (Å²) in [4.78, 5) is 27.7. The van der Waals surface area contributed by atoms with E-state index in [-0.39, 0.29) is 11.8 Å². The highest BCUT2D eigenvalue weighted by Gasteiger charge is 2.21. The summed E-state index contributed by atoms with van der Waals surface area (Å²) in [5.74, 6) is -0.000709. The van der Waals surface area contributed by atoms with Gasteiger partial charge in [-0.3, -0.25) is 9.59 Å². The third-order valence-corrected chi connectivity index (χ3v) is 5.98. The Morgan fingerprint density at radius 3 is 2.47 bits per heavy atom. The fourth-order valence-electron chi connectivity index (χ4n) is 3.93. The zero-order valence-electron chi connectivity index (χ0n) is 17.1. The van der Waals surface area contributed by atoms with Crippen molar-refractivity contribution in [2.45, 2.75) is 6.92 Å². The van der Waals surface area contributed by atoms with Crippen molar-refractivity contribution in [2.75, 3.05) is 26.2 Å². The van der Waals surface area contributed by atoms with Crippen LogP contribution in [-0.2, 0) is 16.6 Å². The van der Waals surface area contributed by atoms with E-state index in [2.05, 4.69) is 28.8 Å². The zero-order valence-corrected chi connectivity index (χ0v) is 17.9. The third-order valence-electron chi connectivity index (χ3n) is 5.66. The van der Waals surface area contributed by atoms with Gasteiger partial charge in [-0.2, -0.15) is 0 Å². The number of carbonyl (C=O) groups is 2. The number of aromatic nitrogens is 1. The van der Waals surface area contributed by atoms with Crippen molar-refractivity contribution in [3.63, 3.8) is 0 Å². The standard InChI is InChI=1S/C24H24ClN3O2/c1-17(29)27-12-14-28(15-13-27)23(30)9-7-18-4-3-5-21(25)24(18)20-6-8-22-19(16-20)10-11-26(22)2/h3-11,16H,12-15H2,1-2H3/b9-7+. The SMILES string of the molecule is CC(=O)N1CCN(C(=O)/C=C/c2cccc(Cl)c2-c2ccc3c(ccn3C)c2)CC1. The molecule has 1 aliphatic heterocycles. The average Bonchev–Trinajstić information content (AvgIpc) is 3.12. The molecule has 0 atom stereocenters. The summed E-state index contributed by atoms with van der Waals surface area (Å²) < 4.78 is 2.08. The molecule has 0 radical (unpaired) electrons. The van der Waals surface area contributed by atoms with Crippen LogP contribution in [0.5, 0.6) is 0 Å². The van der Waals surface area contributed by atoms with Crippen LogP contribution in [0, 0.1) is 0 Å². The molecule has 30 heavy (non-hydrogen) atoms. The fourth-order valence-corrected chi connectivity index (χ4v) is 4.22. The Labute approximate surface area is 181 Å². The van der Waals surface area contributed by atoms with Gasteiger partial charge in [0, 0.05) is 73.9 Å². The Balaban J connectivity index is 1.58. The first-order chi connectivity index (χ1) is 14.4. The summed E-state index contributed by atoms with van der Waals surface area (Å²) in [6, 6.07) is 14.1.